The summed E-state index contributed by atoms with van der Waals surface area (Å²) >= 11 is 15.4. The highest BCUT2D eigenvalue weighted by Crippen LogP contribution is 2.34. The van der Waals surface area contributed by atoms with E-state index in [1.165, 1.54) is 9.79 Å². The standard InChI is InChI=1S/C14H12Cl2S4/c15-11-1-5-13(6-2-11)17-9-19-20-10-18-14-7-3-12(16)4-8-14/h1-8H,9-10H2. The van der Waals surface area contributed by atoms with Gasteiger partial charge in [-0.25, -0.2) is 0 Å². The van der Waals surface area contributed by atoms with Crippen LogP contribution in [0.1, 0.15) is 0 Å². The van der Waals surface area contributed by atoms with Gasteiger partial charge in [-0.15, -0.1) is 23.5 Å². The van der Waals surface area contributed by atoms with Gasteiger partial charge < -0.3 is 0 Å². The lowest BCUT2D eigenvalue weighted by Crippen LogP contribution is -1.74. The molecule has 0 radical (unpaired) electrons. The number of rotatable bonds is 7. The van der Waals surface area contributed by atoms with Crippen molar-refractivity contribution in [1.82, 2.24) is 0 Å². The topological polar surface area (TPSA) is 0 Å². The molecule has 0 heterocycles. The Balaban J connectivity index is 1.57. The summed E-state index contributed by atoms with van der Waals surface area (Å²) in [4.78, 5) is 2.51. The Morgan fingerprint density at radius 1 is 0.600 bits per heavy atom. The molecule has 20 heavy (non-hydrogen) atoms. The normalized spacial score (nSPS) is 10.7. The molecule has 0 aliphatic carbocycles. The van der Waals surface area contributed by atoms with Crippen molar-refractivity contribution in [2.75, 3.05) is 10.2 Å². The zero-order chi connectivity index (χ0) is 14.2. The molecule has 0 saturated heterocycles. The van der Waals surface area contributed by atoms with Crippen molar-refractivity contribution in [2.45, 2.75) is 9.79 Å². The second-order valence-electron chi connectivity index (χ2n) is 3.67. The Labute approximate surface area is 146 Å². The molecule has 0 spiro atoms. The molecule has 0 nitrogen and oxygen atoms in total. The van der Waals surface area contributed by atoms with Gasteiger partial charge in [0.1, 0.15) is 0 Å². The predicted molar refractivity (Wildman–Crippen MR) is 99.5 cm³/mol. The minimum atomic E-state index is 0.788. The third-order valence-electron chi connectivity index (χ3n) is 2.26. The molecule has 106 valence electrons. The highest BCUT2D eigenvalue weighted by molar-refractivity contribution is 8.79. The molecule has 0 aliphatic rings. The van der Waals surface area contributed by atoms with E-state index in [-0.39, 0.29) is 0 Å². The van der Waals surface area contributed by atoms with Crippen molar-refractivity contribution in [2.24, 2.45) is 0 Å². The molecular formula is C14H12Cl2S4. The molecule has 0 saturated carbocycles. The van der Waals surface area contributed by atoms with Crippen LogP contribution >= 0.6 is 68.3 Å². The van der Waals surface area contributed by atoms with Gasteiger partial charge in [0.05, 0.1) is 10.2 Å². The van der Waals surface area contributed by atoms with E-state index in [9.17, 15) is 0 Å². The fourth-order valence-corrected chi connectivity index (χ4v) is 6.33. The molecule has 2 rings (SSSR count). The first-order valence-electron chi connectivity index (χ1n) is 5.75. The lowest BCUT2D eigenvalue weighted by atomic mass is 10.4. The van der Waals surface area contributed by atoms with Gasteiger partial charge in [-0.3, -0.25) is 0 Å². The van der Waals surface area contributed by atoms with Crippen LogP contribution in [0.25, 0.3) is 0 Å². The molecule has 0 atom stereocenters. The summed E-state index contributed by atoms with van der Waals surface area (Å²) in [5, 5.41) is 3.65. The van der Waals surface area contributed by atoms with E-state index in [1.807, 2.05) is 69.4 Å². The number of thioether (sulfide) groups is 2. The Morgan fingerprint density at radius 3 is 1.30 bits per heavy atom. The van der Waals surface area contributed by atoms with E-state index in [1.54, 1.807) is 0 Å². The number of hydrogen-bond acceptors (Lipinski definition) is 4. The molecule has 0 unspecified atom stereocenters. The number of halogens is 2. The first-order valence-corrected chi connectivity index (χ1v) is 11.0. The van der Waals surface area contributed by atoms with Gasteiger partial charge >= 0.3 is 0 Å². The maximum absolute atomic E-state index is 5.85. The van der Waals surface area contributed by atoms with Crippen LogP contribution in [-0.4, -0.2) is 10.2 Å². The third kappa shape index (κ3) is 6.46. The zero-order valence-corrected chi connectivity index (χ0v) is 15.2. The molecular weight excluding hydrogens is 367 g/mol. The molecule has 2 aromatic carbocycles. The van der Waals surface area contributed by atoms with Gasteiger partial charge in [0.15, 0.2) is 0 Å². The molecule has 0 amide bonds. The van der Waals surface area contributed by atoms with Gasteiger partial charge in [0.2, 0.25) is 0 Å². The Hall–Kier alpha value is 0.420. The molecule has 0 aliphatic heterocycles. The van der Waals surface area contributed by atoms with Crippen LogP contribution in [0.5, 0.6) is 0 Å². The summed E-state index contributed by atoms with van der Waals surface area (Å²) in [6.07, 6.45) is 0. The van der Waals surface area contributed by atoms with Crippen LogP contribution in [0, 0.1) is 0 Å². The van der Waals surface area contributed by atoms with Crippen LogP contribution in [0.3, 0.4) is 0 Å². The van der Waals surface area contributed by atoms with E-state index < -0.39 is 0 Å². The average molecular weight is 379 g/mol. The SMILES string of the molecule is Clc1ccc(SCSSCSc2ccc(Cl)cc2)cc1. The van der Waals surface area contributed by atoms with Crippen molar-refractivity contribution in [3.8, 4) is 0 Å². The van der Waals surface area contributed by atoms with Crippen molar-refractivity contribution >= 4 is 68.3 Å². The smallest absolute Gasteiger partial charge is 0.0543 e. The van der Waals surface area contributed by atoms with E-state index in [0.717, 1.165) is 20.2 Å². The van der Waals surface area contributed by atoms with Crippen LogP contribution < -0.4 is 0 Å². The largest absolute Gasteiger partial charge is 0.114 e. The minimum Gasteiger partial charge on any atom is -0.114 e. The molecule has 0 fully saturated rings. The number of hydrogen-bond donors (Lipinski definition) is 0. The van der Waals surface area contributed by atoms with Crippen molar-refractivity contribution < 1.29 is 0 Å². The van der Waals surface area contributed by atoms with Crippen molar-refractivity contribution in [1.29, 1.82) is 0 Å². The van der Waals surface area contributed by atoms with Crippen molar-refractivity contribution in [3.63, 3.8) is 0 Å². The van der Waals surface area contributed by atoms with Crippen molar-refractivity contribution in [3.05, 3.63) is 58.6 Å². The van der Waals surface area contributed by atoms with Crippen LogP contribution in [0.15, 0.2) is 58.3 Å². The number of benzene rings is 2. The van der Waals surface area contributed by atoms with E-state index >= 15 is 0 Å². The van der Waals surface area contributed by atoms with Gasteiger partial charge in [-0.05, 0) is 48.5 Å². The summed E-state index contributed by atoms with van der Waals surface area (Å²) < 4.78 is 0. The first kappa shape index (κ1) is 16.8. The summed E-state index contributed by atoms with van der Waals surface area (Å²) in [6.45, 7) is 0. The van der Waals surface area contributed by atoms with Crippen LogP contribution in [-0.2, 0) is 0 Å². The fourth-order valence-electron chi connectivity index (χ4n) is 1.31. The second-order valence-corrected chi connectivity index (χ2v) is 9.83. The highest BCUT2D eigenvalue weighted by atomic mass is 35.5. The zero-order valence-electron chi connectivity index (χ0n) is 10.4. The molecule has 0 N–H and O–H groups in total. The average Bonchev–Trinajstić information content (AvgIpc) is 2.46. The van der Waals surface area contributed by atoms with E-state index in [2.05, 4.69) is 24.3 Å². The highest BCUT2D eigenvalue weighted by Gasteiger charge is 1.97. The monoisotopic (exact) mass is 378 g/mol. The summed E-state index contributed by atoms with van der Waals surface area (Å²) in [5.74, 6) is 0. The minimum absolute atomic E-state index is 0.788. The first-order chi connectivity index (χ1) is 9.74. The fraction of sp³-hybridized carbons (Fsp3) is 0.143. The van der Waals surface area contributed by atoms with Gasteiger partial charge in [-0.1, -0.05) is 44.8 Å². The van der Waals surface area contributed by atoms with Gasteiger partial charge in [0, 0.05) is 19.8 Å². The Bertz CT molecular complexity index is 464. The van der Waals surface area contributed by atoms with E-state index in [4.69, 9.17) is 23.2 Å². The second kappa shape index (κ2) is 9.44. The van der Waals surface area contributed by atoms with Crippen LogP contribution in [0.4, 0.5) is 0 Å². The third-order valence-corrected chi connectivity index (χ3v) is 8.08. The molecule has 0 bridgehead atoms. The molecule has 0 aromatic heterocycles. The molecule has 6 heteroatoms. The Kier molecular flexibility index (Phi) is 7.92. The maximum Gasteiger partial charge on any atom is 0.0543 e. The van der Waals surface area contributed by atoms with E-state index in [0.29, 0.717) is 0 Å². The van der Waals surface area contributed by atoms with Crippen LogP contribution in [0.2, 0.25) is 10.0 Å². The predicted octanol–water partition coefficient (Wildman–Crippen LogP) is 7.17. The van der Waals surface area contributed by atoms with Gasteiger partial charge in [-0.2, -0.15) is 0 Å². The summed E-state index contributed by atoms with van der Waals surface area (Å²) in [5.41, 5.74) is 0. The molecule has 2 aromatic rings. The van der Waals surface area contributed by atoms with Gasteiger partial charge in [0.25, 0.3) is 0 Å². The Morgan fingerprint density at radius 2 is 0.950 bits per heavy atom. The quantitative estimate of drug-likeness (QED) is 0.216. The summed E-state index contributed by atoms with van der Waals surface area (Å²) in [7, 11) is 3.75. The summed E-state index contributed by atoms with van der Waals surface area (Å²) in [6, 6.07) is 15.9. The maximum atomic E-state index is 5.85. The lowest BCUT2D eigenvalue weighted by molar-refractivity contribution is 1.47. The lowest BCUT2D eigenvalue weighted by Gasteiger charge is -2.02.